The van der Waals surface area contributed by atoms with E-state index in [-0.39, 0.29) is 0 Å². The van der Waals surface area contributed by atoms with E-state index in [1.165, 1.54) is 21.9 Å². The van der Waals surface area contributed by atoms with Crippen LogP contribution in [-0.2, 0) is 20.8 Å². The van der Waals surface area contributed by atoms with Gasteiger partial charge < -0.3 is 6.92 Å². The Labute approximate surface area is 153 Å². The fourth-order valence-electron chi connectivity index (χ4n) is 1.80. The topological polar surface area (TPSA) is 0 Å². The summed E-state index contributed by atoms with van der Waals surface area (Å²) in [5.74, 6) is 0. The molecule has 0 fully saturated rings. The van der Waals surface area contributed by atoms with Crippen LogP contribution in [0, 0.1) is 20.8 Å². The second-order valence-electron chi connectivity index (χ2n) is 4.64. The molecule has 0 spiro atoms. The van der Waals surface area contributed by atoms with Crippen molar-refractivity contribution in [3.05, 3.63) is 78.7 Å². The fourth-order valence-corrected chi connectivity index (χ4v) is 1.80. The summed E-state index contributed by atoms with van der Waals surface area (Å²) in [6.07, 6.45) is 1.00. The van der Waals surface area contributed by atoms with Gasteiger partial charge in [-0.1, -0.05) is 19.4 Å². The van der Waals surface area contributed by atoms with E-state index in [2.05, 4.69) is 51.1 Å². The van der Waals surface area contributed by atoms with Gasteiger partial charge in [-0.05, 0) is 6.92 Å². The molecule has 0 aliphatic heterocycles. The van der Waals surface area contributed by atoms with Gasteiger partial charge in [0, 0.05) is 0 Å². The maximum absolute atomic E-state index is 4.93. The van der Waals surface area contributed by atoms with E-state index in [1.807, 2.05) is 37.3 Å². The number of hydrogen-bond donors (Lipinski definition) is 0. The molecule has 0 aliphatic carbocycles. The van der Waals surface area contributed by atoms with Crippen molar-refractivity contribution in [3.63, 3.8) is 0 Å². The third-order valence-electron chi connectivity index (χ3n) is 2.70. The second-order valence-corrected chi connectivity index (χ2v) is 8.37. The van der Waals surface area contributed by atoms with Crippen molar-refractivity contribution in [2.24, 2.45) is 0 Å². The first kappa shape index (κ1) is 21.6. The van der Waals surface area contributed by atoms with Gasteiger partial charge in [0.2, 0.25) is 0 Å². The number of halogens is 2. The van der Waals surface area contributed by atoms with Gasteiger partial charge in [0.25, 0.3) is 0 Å². The van der Waals surface area contributed by atoms with Crippen LogP contribution in [0.1, 0.15) is 24.5 Å². The second kappa shape index (κ2) is 14.2. The van der Waals surface area contributed by atoms with Crippen molar-refractivity contribution >= 4 is 27.8 Å². The molecule has 22 heavy (non-hydrogen) atoms. The molecule has 120 valence electrons. The molecule has 0 N–H and O–H groups in total. The van der Waals surface area contributed by atoms with Gasteiger partial charge in [-0.2, -0.15) is 36.8 Å². The molecule has 0 radical (unpaired) electrons. The van der Waals surface area contributed by atoms with Crippen LogP contribution in [0.25, 0.3) is 10.8 Å². The summed E-state index contributed by atoms with van der Waals surface area (Å²) in [5, 5.41) is 2.75. The molecule has 3 aromatic carbocycles. The monoisotopic (exact) mass is 411 g/mol. The molecule has 0 heterocycles. The zero-order valence-corrected chi connectivity index (χ0v) is 17.4. The van der Waals surface area contributed by atoms with Crippen LogP contribution in [0.2, 0.25) is 0 Å². The minimum absolute atomic E-state index is 0.826. The Hall–Kier alpha value is -0.357. The molecule has 0 saturated heterocycles. The molecule has 3 heteroatoms. The van der Waals surface area contributed by atoms with Gasteiger partial charge in [0.05, 0.1) is 0 Å². The van der Waals surface area contributed by atoms with Crippen LogP contribution in [0.4, 0.5) is 0 Å². The summed E-state index contributed by atoms with van der Waals surface area (Å²) >= 11 is -0.826. The first-order valence-electron chi connectivity index (χ1n) is 7.15. The van der Waals surface area contributed by atoms with Crippen LogP contribution in [0.3, 0.4) is 0 Å². The van der Waals surface area contributed by atoms with Gasteiger partial charge in [0.15, 0.2) is 0 Å². The summed E-state index contributed by atoms with van der Waals surface area (Å²) in [6, 6.07) is 20.9. The molecule has 0 saturated carbocycles. The molecule has 0 aliphatic rings. The van der Waals surface area contributed by atoms with Gasteiger partial charge in [-0.15, -0.1) is 34.5 Å². The predicted molar refractivity (Wildman–Crippen MR) is 98.4 cm³/mol. The Morgan fingerprint density at radius 3 is 2.18 bits per heavy atom. The first-order valence-corrected chi connectivity index (χ1v) is 13.5. The standard InChI is InChI=1S/C11H11.C5H5.C3H7.2ClH.Zr/c1-8-3-6-11-9(2)4-5-10(11)7-8;1-2-4-5-3-1;1-3-2;;;/h3-7H,1-2H3;1-5H;1,3H2,2H3;2*1H;/q3*-1;;;+2/p-2. The minimum Gasteiger partial charge on any atom is -0.214 e. The van der Waals surface area contributed by atoms with E-state index in [1.54, 1.807) is 0 Å². The van der Waals surface area contributed by atoms with E-state index in [4.69, 9.17) is 17.0 Å². The Balaban J connectivity index is 0.000000335. The van der Waals surface area contributed by atoms with Crippen LogP contribution >= 0.6 is 17.0 Å². The Morgan fingerprint density at radius 2 is 1.73 bits per heavy atom. The molecular weight excluding hydrogens is 390 g/mol. The van der Waals surface area contributed by atoms with Crippen molar-refractivity contribution in [3.8, 4) is 0 Å². The van der Waals surface area contributed by atoms with Crippen LogP contribution in [-0.4, -0.2) is 0 Å². The normalized spacial score (nSPS) is 8.64. The molecule has 3 rings (SSSR count). The molecule has 0 unspecified atom stereocenters. The Kier molecular flexibility index (Phi) is 14.0. The van der Waals surface area contributed by atoms with Crippen molar-refractivity contribution in [2.45, 2.75) is 27.2 Å². The molecule has 0 aromatic heterocycles. The first-order chi connectivity index (χ1) is 10.6. The molecule has 3 aromatic rings. The third kappa shape index (κ3) is 9.62. The van der Waals surface area contributed by atoms with Crippen molar-refractivity contribution in [1.82, 2.24) is 0 Å². The van der Waals surface area contributed by atoms with E-state index in [0.29, 0.717) is 0 Å². The van der Waals surface area contributed by atoms with Gasteiger partial charge in [-0.25, -0.2) is 12.1 Å². The Bertz CT molecular complexity index is 563. The van der Waals surface area contributed by atoms with Crippen LogP contribution < -0.4 is 0 Å². The van der Waals surface area contributed by atoms with Crippen molar-refractivity contribution < 1.29 is 20.8 Å². The minimum atomic E-state index is -0.826. The number of rotatable bonds is 0. The van der Waals surface area contributed by atoms with Gasteiger partial charge >= 0.3 is 37.9 Å². The zero-order valence-electron chi connectivity index (χ0n) is 13.4. The smallest absolute Gasteiger partial charge is 0.172 e. The maximum atomic E-state index is 4.93. The van der Waals surface area contributed by atoms with E-state index in [0.717, 1.165) is 6.42 Å². The van der Waals surface area contributed by atoms with E-state index >= 15 is 0 Å². The third-order valence-corrected chi connectivity index (χ3v) is 2.70. The summed E-state index contributed by atoms with van der Waals surface area (Å²) in [6.45, 7) is 9.78. The Morgan fingerprint density at radius 1 is 1.18 bits per heavy atom. The predicted octanol–water partition coefficient (Wildman–Crippen LogP) is 7.19. The van der Waals surface area contributed by atoms with Gasteiger partial charge in [-0.3, -0.25) is 0 Å². The maximum Gasteiger partial charge on any atom is -0.172 e. The quantitative estimate of drug-likeness (QED) is 0.342. The summed E-state index contributed by atoms with van der Waals surface area (Å²) in [7, 11) is 9.87. The van der Waals surface area contributed by atoms with Gasteiger partial charge in [0.1, 0.15) is 0 Å². The molecular formula is C19H23Cl2Zr-3. The largest absolute Gasteiger partial charge is 0.214 e. The fraction of sp³-hybridized carbons (Fsp3) is 0.211. The molecule has 0 amide bonds. The van der Waals surface area contributed by atoms with Crippen molar-refractivity contribution in [2.75, 3.05) is 0 Å². The summed E-state index contributed by atoms with van der Waals surface area (Å²) < 4.78 is 0. The molecule has 0 nitrogen and oxygen atoms in total. The van der Waals surface area contributed by atoms with E-state index in [9.17, 15) is 0 Å². The van der Waals surface area contributed by atoms with Crippen LogP contribution in [0.15, 0.2) is 60.7 Å². The van der Waals surface area contributed by atoms with Crippen LogP contribution in [0.5, 0.6) is 0 Å². The number of benzene rings is 1. The average molecular weight is 414 g/mol. The molecule has 0 atom stereocenters. The number of hydrogen-bond acceptors (Lipinski definition) is 0. The zero-order chi connectivity index (χ0) is 16.8. The average Bonchev–Trinajstić information content (AvgIpc) is 3.14. The molecule has 0 bridgehead atoms. The number of aryl methyl sites for hydroxylation is 2. The summed E-state index contributed by atoms with van der Waals surface area (Å²) in [5.41, 5.74) is 2.71. The number of fused-ring (bicyclic) bond motifs is 1. The SMILES string of the molecule is Cc1ccc2c(cc[c-]2C)c1.[CH2-]CC.[Cl][Zr][Cl].c1cc[cH-]c1. The summed E-state index contributed by atoms with van der Waals surface area (Å²) in [4.78, 5) is 0. The van der Waals surface area contributed by atoms with Crippen molar-refractivity contribution in [1.29, 1.82) is 0 Å². The van der Waals surface area contributed by atoms with E-state index < -0.39 is 20.8 Å².